The standard InChI is InChI=1S/C13H11F3N2O2/c14-13(15,16)20-10-3-1-9(2-4-10)12-11(17)5-8(7-19)6-18-12/h1-6,19H,7,17H2. The van der Waals surface area contributed by atoms with Gasteiger partial charge >= 0.3 is 6.36 Å². The third kappa shape index (κ3) is 3.39. The number of nitrogens with two attached hydrogens (primary N) is 1. The van der Waals surface area contributed by atoms with Gasteiger partial charge in [0.25, 0.3) is 0 Å². The maximum absolute atomic E-state index is 12.0. The van der Waals surface area contributed by atoms with E-state index < -0.39 is 6.36 Å². The normalized spacial score (nSPS) is 11.4. The molecule has 20 heavy (non-hydrogen) atoms. The lowest BCUT2D eigenvalue weighted by Gasteiger charge is -2.10. The smallest absolute Gasteiger partial charge is 0.406 e. The molecule has 0 aliphatic rings. The molecule has 0 fully saturated rings. The molecule has 7 heteroatoms. The molecule has 0 radical (unpaired) electrons. The van der Waals surface area contributed by atoms with Crippen LogP contribution >= 0.6 is 0 Å². The van der Waals surface area contributed by atoms with E-state index in [9.17, 15) is 13.2 Å². The van der Waals surface area contributed by atoms with Crippen molar-refractivity contribution in [3.05, 3.63) is 42.1 Å². The Kier molecular flexibility index (Phi) is 3.80. The van der Waals surface area contributed by atoms with Crippen LogP contribution in [0.15, 0.2) is 36.5 Å². The molecule has 4 nitrogen and oxygen atoms in total. The van der Waals surface area contributed by atoms with E-state index in [2.05, 4.69) is 9.72 Å². The van der Waals surface area contributed by atoms with Crippen LogP contribution in [-0.2, 0) is 6.61 Å². The second kappa shape index (κ2) is 5.38. The van der Waals surface area contributed by atoms with Crippen LogP contribution in [0.5, 0.6) is 5.75 Å². The SMILES string of the molecule is Nc1cc(CO)cnc1-c1ccc(OC(F)(F)F)cc1. The van der Waals surface area contributed by atoms with Gasteiger partial charge in [0.05, 0.1) is 18.0 Å². The van der Waals surface area contributed by atoms with Crippen molar-refractivity contribution in [1.29, 1.82) is 0 Å². The maximum atomic E-state index is 12.0. The van der Waals surface area contributed by atoms with Gasteiger partial charge in [0, 0.05) is 11.8 Å². The number of pyridine rings is 1. The molecule has 0 atom stereocenters. The summed E-state index contributed by atoms with van der Waals surface area (Å²) in [5.41, 5.74) is 7.67. The molecule has 1 heterocycles. The number of rotatable bonds is 3. The van der Waals surface area contributed by atoms with Crippen molar-refractivity contribution in [2.24, 2.45) is 0 Å². The van der Waals surface area contributed by atoms with E-state index in [1.165, 1.54) is 30.5 Å². The molecule has 106 valence electrons. The molecule has 3 N–H and O–H groups in total. The quantitative estimate of drug-likeness (QED) is 0.909. The van der Waals surface area contributed by atoms with Gasteiger partial charge in [-0.15, -0.1) is 13.2 Å². The van der Waals surface area contributed by atoms with Crippen molar-refractivity contribution in [1.82, 2.24) is 4.98 Å². The van der Waals surface area contributed by atoms with Crippen LogP contribution in [0.1, 0.15) is 5.56 Å². The van der Waals surface area contributed by atoms with Crippen LogP contribution in [0.2, 0.25) is 0 Å². The van der Waals surface area contributed by atoms with Crippen molar-refractivity contribution in [3.8, 4) is 17.0 Å². The number of nitrogen functional groups attached to an aromatic ring is 1. The molecule has 0 saturated carbocycles. The number of aliphatic hydroxyl groups excluding tert-OH is 1. The highest BCUT2D eigenvalue weighted by molar-refractivity contribution is 5.73. The van der Waals surface area contributed by atoms with Crippen LogP contribution in [0.25, 0.3) is 11.3 Å². The molecule has 2 rings (SSSR count). The van der Waals surface area contributed by atoms with E-state index in [-0.39, 0.29) is 12.4 Å². The first kappa shape index (κ1) is 14.1. The molecule has 0 bridgehead atoms. The number of hydrogen-bond donors (Lipinski definition) is 2. The van der Waals surface area contributed by atoms with E-state index in [4.69, 9.17) is 10.8 Å². The monoisotopic (exact) mass is 284 g/mol. The number of benzene rings is 1. The summed E-state index contributed by atoms with van der Waals surface area (Å²) in [6.07, 6.45) is -3.27. The Morgan fingerprint density at radius 3 is 2.35 bits per heavy atom. The summed E-state index contributed by atoms with van der Waals surface area (Å²) in [5, 5.41) is 8.95. The predicted octanol–water partition coefficient (Wildman–Crippen LogP) is 2.72. The minimum atomic E-state index is -4.72. The van der Waals surface area contributed by atoms with Crippen LogP contribution in [-0.4, -0.2) is 16.5 Å². The number of aromatic nitrogens is 1. The van der Waals surface area contributed by atoms with E-state index in [1.54, 1.807) is 6.07 Å². The van der Waals surface area contributed by atoms with Crippen LogP contribution < -0.4 is 10.5 Å². The van der Waals surface area contributed by atoms with Gasteiger partial charge in [0.15, 0.2) is 0 Å². The molecule has 0 aliphatic carbocycles. The first-order chi connectivity index (χ1) is 9.39. The zero-order chi connectivity index (χ0) is 14.8. The van der Waals surface area contributed by atoms with Crippen LogP contribution in [0, 0.1) is 0 Å². The Morgan fingerprint density at radius 1 is 1.20 bits per heavy atom. The average Bonchev–Trinajstić information content (AvgIpc) is 2.38. The molecular formula is C13H11F3N2O2. The second-order valence-electron chi connectivity index (χ2n) is 4.01. The fraction of sp³-hybridized carbons (Fsp3) is 0.154. The van der Waals surface area contributed by atoms with E-state index in [0.717, 1.165) is 0 Å². The van der Waals surface area contributed by atoms with Crippen molar-refractivity contribution in [2.75, 3.05) is 5.73 Å². The Bertz CT molecular complexity index is 598. The summed E-state index contributed by atoms with van der Waals surface area (Å²) in [5.74, 6) is -0.313. The molecule has 0 saturated heterocycles. The van der Waals surface area contributed by atoms with Gasteiger partial charge < -0.3 is 15.6 Å². The van der Waals surface area contributed by atoms with Crippen molar-refractivity contribution in [3.63, 3.8) is 0 Å². The number of anilines is 1. The van der Waals surface area contributed by atoms with Gasteiger partial charge in [0.2, 0.25) is 0 Å². The molecular weight excluding hydrogens is 273 g/mol. The largest absolute Gasteiger partial charge is 0.573 e. The summed E-state index contributed by atoms with van der Waals surface area (Å²) in [6.45, 7) is -0.185. The van der Waals surface area contributed by atoms with Gasteiger partial charge in [-0.3, -0.25) is 4.98 Å². The summed E-state index contributed by atoms with van der Waals surface area (Å²) in [4.78, 5) is 4.08. The highest BCUT2D eigenvalue weighted by Crippen LogP contribution is 2.28. The summed E-state index contributed by atoms with van der Waals surface area (Å²) in [6, 6.07) is 6.78. The van der Waals surface area contributed by atoms with Crippen LogP contribution in [0.3, 0.4) is 0 Å². The summed E-state index contributed by atoms with van der Waals surface area (Å²) in [7, 11) is 0. The average molecular weight is 284 g/mol. The number of alkyl halides is 3. The molecule has 0 unspecified atom stereocenters. The Balaban J connectivity index is 2.26. The number of ether oxygens (including phenoxy) is 1. The molecule has 2 aromatic rings. The lowest BCUT2D eigenvalue weighted by molar-refractivity contribution is -0.274. The van der Waals surface area contributed by atoms with E-state index >= 15 is 0 Å². The van der Waals surface area contributed by atoms with Crippen molar-refractivity contribution in [2.45, 2.75) is 13.0 Å². The highest BCUT2D eigenvalue weighted by atomic mass is 19.4. The third-order valence-corrected chi connectivity index (χ3v) is 2.52. The topological polar surface area (TPSA) is 68.4 Å². The zero-order valence-corrected chi connectivity index (χ0v) is 10.2. The summed E-state index contributed by atoms with van der Waals surface area (Å²) < 4.78 is 39.9. The summed E-state index contributed by atoms with van der Waals surface area (Å²) >= 11 is 0. The number of aliphatic hydroxyl groups is 1. The third-order valence-electron chi connectivity index (χ3n) is 2.52. The second-order valence-corrected chi connectivity index (χ2v) is 4.01. The van der Waals surface area contributed by atoms with Gasteiger partial charge in [0.1, 0.15) is 5.75 Å². The predicted molar refractivity (Wildman–Crippen MR) is 66.7 cm³/mol. The first-order valence-electron chi connectivity index (χ1n) is 5.60. The lowest BCUT2D eigenvalue weighted by atomic mass is 10.1. The Hall–Kier alpha value is -2.28. The van der Waals surface area contributed by atoms with Crippen molar-refractivity contribution < 1.29 is 23.0 Å². The molecule has 0 amide bonds. The highest BCUT2D eigenvalue weighted by Gasteiger charge is 2.30. The fourth-order valence-electron chi connectivity index (χ4n) is 1.67. The molecule has 1 aromatic heterocycles. The van der Waals surface area contributed by atoms with Gasteiger partial charge in [-0.2, -0.15) is 0 Å². The molecule has 1 aromatic carbocycles. The maximum Gasteiger partial charge on any atom is 0.573 e. The number of halogens is 3. The number of nitrogens with zero attached hydrogens (tertiary/aromatic N) is 1. The van der Waals surface area contributed by atoms with Gasteiger partial charge in [-0.05, 0) is 35.9 Å². The molecule has 0 aliphatic heterocycles. The zero-order valence-electron chi connectivity index (χ0n) is 10.2. The van der Waals surface area contributed by atoms with Crippen molar-refractivity contribution >= 4 is 5.69 Å². The minimum Gasteiger partial charge on any atom is -0.406 e. The Morgan fingerprint density at radius 2 is 1.85 bits per heavy atom. The lowest BCUT2D eigenvalue weighted by Crippen LogP contribution is -2.16. The van der Waals surface area contributed by atoms with E-state index in [0.29, 0.717) is 22.5 Å². The first-order valence-corrected chi connectivity index (χ1v) is 5.60. The Labute approximate surface area is 112 Å². The minimum absolute atomic E-state index is 0.185. The molecule has 0 spiro atoms. The fourth-order valence-corrected chi connectivity index (χ4v) is 1.67. The van der Waals surface area contributed by atoms with Gasteiger partial charge in [-0.25, -0.2) is 0 Å². The van der Waals surface area contributed by atoms with Crippen LogP contribution in [0.4, 0.5) is 18.9 Å². The number of hydrogen-bond acceptors (Lipinski definition) is 4. The van der Waals surface area contributed by atoms with E-state index in [1.807, 2.05) is 0 Å². The van der Waals surface area contributed by atoms with Gasteiger partial charge in [-0.1, -0.05) is 0 Å².